The van der Waals surface area contributed by atoms with Crippen LogP contribution in [0.15, 0.2) is 0 Å². The van der Waals surface area contributed by atoms with Crippen LogP contribution in [-0.2, 0) is 14.3 Å². The van der Waals surface area contributed by atoms with Gasteiger partial charge in [0.05, 0.1) is 19.8 Å². The van der Waals surface area contributed by atoms with E-state index >= 15 is 0 Å². The van der Waals surface area contributed by atoms with Crippen molar-refractivity contribution in [2.45, 2.75) is 18.9 Å². The molecule has 0 spiro atoms. The van der Waals surface area contributed by atoms with Gasteiger partial charge in [-0.25, -0.2) is 0 Å². The van der Waals surface area contributed by atoms with Crippen molar-refractivity contribution in [2.75, 3.05) is 65.6 Å². The average Bonchev–Trinajstić information content (AvgIpc) is 2.57. The summed E-state index contributed by atoms with van der Waals surface area (Å²) in [5.74, 6) is 0.893. The van der Waals surface area contributed by atoms with Gasteiger partial charge in [0.1, 0.15) is 6.10 Å². The summed E-state index contributed by atoms with van der Waals surface area (Å²) >= 11 is 0. The fourth-order valence-electron chi connectivity index (χ4n) is 3.41. The molecule has 6 nitrogen and oxygen atoms in total. The highest BCUT2D eigenvalue weighted by Gasteiger charge is 2.30. The van der Waals surface area contributed by atoms with E-state index in [9.17, 15) is 4.79 Å². The number of carbonyl (C=O) groups excluding carboxylic acids is 1. The number of piperidine rings is 1. The lowest BCUT2D eigenvalue weighted by molar-refractivity contribution is -0.146. The minimum Gasteiger partial charge on any atom is -0.379 e. The largest absolute Gasteiger partial charge is 0.379 e. The van der Waals surface area contributed by atoms with Crippen molar-refractivity contribution in [1.82, 2.24) is 15.1 Å². The van der Waals surface area contributed by atoms with Gasteiger partial charge in [-0.1, -0.05) is 0 Å². The Hall–Kier alpha value is -0.690. The Morgan fingerprint density at radius 2 is 1.86 bits per heavy atom. The summed E-state index contributed by atoms with van der Waals surface area (Å²) in [6.07, 6.45) is 1.96. The zero-order valence-electron chi connectivity index (χ0n) is 12.8. The standard InChI is InChI=1S/C15H27N3O3/c19-15(14-11-16-3-8-21-14)18-4-1-13(2-5-18)12-17-6-9-20-10-7-17/h13-14,16H,1-12H2. The third-order valence-electron chi connectivity index (χ3n) is 4.75. The van der Waals surface area contributed by atoms with Gasteiger partial charge in [0.25, 0.3) is 5.91 Å². The van der Waals surface area contributed by atoms with Crippen LogP contribution in [-0.4, -0.2) is 87.4 Å². The summed E-state index contributed by atoms with van der Waals surface area (Å²) < 4.78 is 11.0. The molecule has 1 amide bonds. The van der Waals surface area contributed by atoms with Crippen molar-refractivity contribution >= 4 is 5.91 Å². The molecule has 3 fully saturated rings. The van der Waals surface area contributed by atoms with E-state index in [1.165, 1.54) is 0 Å². The van der Waals surface area contributed by atoms with Crippen LogP contribution in [0.4, 0.5) is 0 Å². The quantitative estimate of drug-likeness (QED) is 0.764. The molecule has 3 rings (SSSR count). The number of nitrogens with zero attached hydrogens (tertiary/aromatic N) is 2. The summed E-state index contributed by atoms with van der Waals surface area (Å²) in [4.78, 5) is 16.9. The van der Waals surface area contributed by atoms with E-state index in [1.54, 1.807) is 0 Å². The van der Waals surface area contributed by atoms with Crippen LogP contribution < -0.4 is 5.32 Å². The van der Waals surface area contributed by atoms with E-state index in [0.29, 0.717) is 13.2 Å². The molecule has 0 aromatic carbocycles. The van der Waals surface area contributed by atoms with E-state index in [0.717, 1.165) is 71.2 Å². The highest BCUT2D eigenvalue weighted by Crippen LogP contribution is 2.20. The maximum Gasteiger partial charge on any atom is 0.253 e. The first-order chi connectivity index (χ1) is 10.3. The van der Waals surface area contributed by atoms with Crippen molar-refractivity contribution < 1.29 is 14.3 Å². The smallest absolute Gasteiger partial charge is 0.253 e. The monoisotopic (exact) mass is 297 g/mol. The van der Waals surface area contributed by atoms with Gasteiger partial charge in [0.2, 0.25) is 0 Å². The Morgan fingerprint density at radius 3 is 2.52 bits per heavy atom. The maximum absolute atomic E-state index is 12.4. The molecule has 3 aliphatic heterocycles. The second-order valence-electron chi connectivity index (χ2n) is 6.25. The predicted octanol–water partition coefficient (Wildman–Crippen LogP) is -0.454. The summed E-state index contributed by atoms with van der Waals surface area (Å²) in [7, 11) is 0. The summed E-state index contributed by atoms with van der Waals surface area (Å²) in [6, 6.07) is 0. The first-order valence-electron chi connectivity index (χ1n) is 8.24. The first-order valence-corrected chi connectivity index (χ1v) is 8.24. The predicted molar refractivity (Wildman–Crippen MR) is 79.2 cm³/mol. The van der Waals surface area contributed by atoms with Crippen LogP contribution in [0, 0.1) is 5.92 Å². The Bertz CT molecular complexity index is 333. The van der Waals surface area contributed by atoms with E-state index < -0.39 is 0 Å². The molecule has 0 radical (unpaired) electrons. The average molecular weight is 297 g/mol. The molecule has 120 valence electrons. The van der Waals surface area contributed by atoms with Gasteiger partial charge in [0, 0.05) is 45.8 Å². The zero-order valence-corrected chi connectivity index (χ0v) is 12.8. The van der Waals surface area contributed by atoms with Gasteiger partial charge in [0.15, 0.2) is 0 Å². The second-order valence-corrected chi connectivity index (χ2v) is 6.25. The molecule has 1 N–H and O–H groups in total. The molecule has 0 bridgehead atoms. The van der Waals surface area contributed by atoms with Crippen molar-refractivity contribution in [1.29, 1.82) is 0 Å². The number of hydrogen-bond acceptors (Lipinski definition) is 5. The summed E-state index contributed by atoms with van der Waals surface area (Å²) in [5, 5.41) is 3.23. The van der Waals surface area contributed by atoms with Crippen LogP contribution in [0.5, 0.6) is 0 Å². The van der Waals surface area contributed by atoms with Crippen molar-refractivity contribution in [3.05, 3.63) is 0 Å². The van der Waals surface area contributed by atoms with Gasteiger partial charge in [-0.15, -0.1) is 0 Å². The SMILES string of the molecule is O=C(C1CNCCO1)N1CCC(CN2CCOCC2)CC1. The van der Waals surface area contributed by atoms with Crippen LogP contribution in [0.3, 0.4) is 0 Å². The molecule has 0 saturated carbocycles. The van der Waals surface area contributed by atoms with Gasteiger partial charge in [-0.2, -0.15) is 0 Å². The Balaban J connectivity index is 1.40. The van der Waals surface area contributed by atoms with Crippen LogP contribution >= 0.6 is 0 Å². The topological polar surface area (TPSA) is 54.0 Å². The van der Waals surface area contributed by atoms with Crippen LogP contribution in [0.1, 0.15) is 12.8 Å². The minimum absolute atomic E-state index is 0.173. The molecule has 3 heterocycles. The number of morpholine rings is 2. The van der Waals surface area contributed by atoms with Crippen molar-refractivity contribution in [2.24, 2.45) is 5.92 Å². The number of ether oxygens (including phenoxy) is 2. The number of rotatable bonds is 3. The number of carbonyl (C=O) groups is 1. The molecular formula is C15H27N3O3. The molecule has 0 aliphatic carbocycles. The lowest BCUT2D eigenvalue weighted by Gasteiger charge is -2.37. The highest BCUT2D eigenvalue weighted by molar-refractivity contribution is 5.81. The van der Waals surface area contributed by atoms with E-state index in [-0.39, 0.29) is 12.0 Å². The fourth-order valence-corrected chi connectivity index (χ4v) is 3.41. The van der Waals surface area contributed by atoms with Crippen LogP contribution in [0.2, 0.25) is 0 Å². The number of likely N-dealkylation sites (tertiary alicyclic amines) is 1. The Kier molecular flexibility index (Phi) is 5.46. The zero-order chi connectivity index (χ0) is 14.5. The summed E-state index contributed by atoms with van der Waals surface area (Å²) in [5.41, 5.74) is 0. The molecule has 0 aromatic rings. The lowest BCUT2D eigenvalue weighted by Crippen LogP contribution is -2.52. The van der Waals surface area contributed by atoms with E-state index in [2.05, 4.69) is 10.2 Å². The molecule has 1 unspecified atom stereocenters. The number of nitrogens with one attached hydrogen (secondary N) is 1. The second kappa shape index (κ2) is 7.54. The summed E-state index contributed by atoms with van der Waals surface area (Å²) in [6.45, 7) is 8.92. The molecule has 0 aromatic heterocycles. The van der Waals surface area contributed by atoms with E-state index in [1.807, 2.05) is 4.90 Å². The number of amides is 1. The highest BCUT2D eigenvalue weighted by atomic mass is 16.5. The van der Waals surface area contributed by atoms with Crippen molar-refractivity contribution in [3.63, 3.8) is 0 Å². The molecule has 6 heteroatoms. The lowest BCUT2D eigenvalue weighted by atomic mass is 9.95. The first kappa shape index (κ1) is 15.2. The van der Waals surface area contributed by atoms with Gasteiger partial charge in [-0.3, -0.25) is 9.69 Å². The number of hydrogen-bond donors (Lipinski definition) is 1. The Morgan fingerprint density at radius 1 is 1.10 bits per heavy atom. The van der Waals surface area contributed by atoms with Gasteiger partial charge in [-0.05, 0) is 18.8 Å². The fraction of sp³-hybridized carbons (Fsp3) is 0.933. The molecule has 1 atom stereocenters. The molecule has 3 aliphatic rings. The normalized spacial score (nSPS) is 29.5. The van der Waals surface area contributed by atoms with Gasteiger partial charge < -0.3 is 19.7 Å². The molecule has 21 heavy (non-hydrogen) atoms. The Labute approximate surface area is 126 Å². The third kappa shape index (κ3) is 4.16. The molecule has 3 saturated heterocycles. The van der Waals surface area contributed by atoms with Gasteiger partial charge >= 0.3 is 0 Å². The van der Waals surface area contributed by atoms with E-state index in [4.69, 9.17) is 9.47 Å². The maximum atomic E-state index is 12.4. The van der Waals surface area contributed by atoms with Crippen molar-refractivity contribution in [3.8, 4) is 0 Å². The van der Waals surface area contributed by atoms with Crippen LogP contribution in [0.25, 0.3) is 0 Å². The third-order valence-corrected chi connectivity index (χ3v) is 4.75. The molecular weight excluding hydrogens is 270 g/mol. The minimum atomic E-state index is -0.269.